The predicted octanol–water partition coefficient (Wildman–Crippen LogP) is 3.22. The van der Waals surface area contributed by atoms with E-state index in [0.717, 1.165) is 4.90 Å². The van der Waals surface area contributed by atoms with E-state index in [4.69, 9.17) is 23.2 Å². The minimum atomic E-state index is -0.858. The molecule has 4 nitrogen and oxygen atoms in total. The highest BCUT2D eigenvalue weighted by Crippen LogP contribution is 2.31. The number of benzene rings is 1. The van der Waals surface area contributed by atoms with E-state index in [0.29, 0.717) is 22.2 Å². The first kappa shape index (κ1) is 13.2. The summed E-state index contributed by atoms with van der Waals surface area (Å²) in [5.41, 5.74) is -0.438. The SMILES string of the molecule is CCC1(C)NC(=O)N(c2ccc(Cl)c(Cl)c2)C1=O. The lowest BCUT2D eigenvalue weighted by molar-refractivity contribution is -0.121. The van der Waals surface area contributed by atoms with Gasteiger partial charge in [-0.05, 0) is 31.5 Å². The van der Waals surface area contributed by atoms with Gasteiger partial charge in [0.25, 0.3) is 5.91 Å². The van der Waals surface area contributed by atoms with Gasteiger partial charge in [-0.1, -0.05) is 30.1 Å². The summed E-state index contributed by atoms with van der Waals surface area (Å²) in [6.07, 6.45) is 0.523. The minimum Gasteiger partial charge on any atom is -0.323 e. The largest absolute Gasteiger partial charge is 0.329 e. The molecule has 1 unspecified atom stereocenters. The van der Waals surface area contributed by atoms with Crippen molar-refractivity contribution in [2.75, 3.05) is 4.90 Å². The van der Waals surface area contributed by atoms with Gasteiger partial charge in [-0.15, -0.1) is 0 Å². The van der Waals surface area contributed by atoms with E-state index in [9.17, 15) is 9.59 Å². The maximum atomic E-state index is 12.2. The minimum absolute atomic E-state index is 0.284. The summed E-state index contributed by atoms with van der Waals surface area (Å²) < 4.78 is 0. The quantitative estimate of drug-likeness (QED) is 0.849. The highest BCUT2D eigenvalue weighted by molar-refractivity contribution is 6.42. The van der Waals surface area contributed by atoms with Crippen molar-refractivity contribution in [1.82, 2.24) is 5.32 Å². The Morgan fingerprint density at radius 2 is 1.94 bits per heavy atom. The van der Waals surface area contributed by atoms with Crippen LogP contribution in [-0.4, -0.2) is 17.5 Å². The summed E-state index contributed by atoms with van der Waals surface area (Å²) in [7, 11) is 0. The average Bonchev–Trinajstić information content (AvgIpc) is 2.55. The van der Waals surface area contributed by atoms with Crippen LogP contribution in [0.15, 0.2) is 18.2 Å². The molecule has 0 radical (unpaired) electrons. The van der Waals surface area contributed by atoms with Crippen molar-refractivity contribution in [2.24, 2.45) is 0 Å². The van der Waals surface area contributed by atoms with Gasteiger partial charge in [0, 0.05) is 0 Å². The monoisotopic (exact) mass is 286 g/mol. The Labute approximate surface area is 115 Å². The third-order valence-electron chi connectivity index (χ3n) is 3.13. The molecule has 96 valence electrons. The molecular weight excluding hydrogens is 275 g/mol. The molecule has 2 rings (SSSR count). The topological polar surface area (TPSA) is 49.4 Å². The lowest BCUT2D eigenvalue weighted by Gasteiger charge is -2.19. The number of anilines is 1. The molecular formula is C12H12Cl2N2O2. The summed E-state index contributed by atoms with van der Waals surface area (Å²) in [5.74, 6) is -0.284. The van der Waals surface area contributed by atoms with Crippen molar-refractivity contribution in [3.8, 4) is 0 Å². The lowest BCUT2D eigenvalue weighted by atomic mass is 9.99. The van der Waals surface area contributed by atoms with E-state index in [1.54, 1.807) is 19.1 Å². The Balaban J connectivity index is 2.42. The van der Waals surface area contributed by atoms with Crippen LogP contribution in [0, 0.1) is 0 Å². The summed E-state index contributed by atoms with van der Waals surface area (Å²) in [5, 5.41) is 3.36. The zero-order valence-corrected chi connectivity index (χ0v) is 11.5. The van der Waals surface area contributed by atoms with Gasteiger partial charge in [0.1, 0.15) is 5.54 Å². The molecule has 0 bridgehead atoms. The van der Waals surface area contributed by atoms with Gasteiger partial charge in [-0.3, -0.25) is 4.79 Å². The van der Waals surface area contributed by atoms with E-state index < -0.39 is 11.6 Å². The molecule has 0 spiro atoms. The Hall–Kier alpha value is -1.26. The first-order valence-electron chi connectivity index (χ1n) is 5.51. The van der Waals surface area contributed by atoms with Crippen molar-refractivity contribution in [2.45, 2.75) is 25.8 Å². The molecule has 1 atom stereocenters. The van der Waals surface area contributed by atoms with Crippen LogP contribution in [0.1, 0.15) is 20.3 Å². The normalized spacial score (nSPS) is 23.4. The third kappa shape index (κ3) is 1.95. The fraction of sp³-hybridized carbons (Fsp3) is 0.333. The third-order valence-corrected chi connectivity index (χ3v) is 3.87. The van der Waals surface area contributed by atoms with Crippen LogP contribution < -0.4 is 10.2 Å². The van der Waals surface area contributed by atoms with Gasteiger partial charge in [0.15, 0.2) is 0 Å². The average molecular weight is 287 g/mol. The zero-order chi connectivity index (χ0) is 13.5. The zero-order valence-electron chi connectivity index (χ0n) is 9.96. The Bertz CT molecular complexity index is 533. The molecule has 1 aromatic carbocycles. The van der Waals surface area contributed by atoms with E-state index >= 15 is 0 Å². The number of urea groups is 1. The van der Waals surface area contributed by atoms with Crippen molar-refractivity contribution in [1.29, 1.82) is 0 Å². The second kappa shape index (κ2) is 4.44. The van der Waals surface area contributed by atoms with Crippen LogP contribution in [0.5, 0.6) is 0 Å². The van der Waals surface area contributed by atoms with Gasteiger partial charge >= 0.3 is 6.03 Å². The van der Waals surface area contributed by atoms with E-state index in [1.807, 2.05) is 6.92 Å². The Morgan fingerprint density at radius 3 is 2.44 bits per heavy atom. The highest BCUT2D eigenvalue weighted by atomic mass is 35.5. The van der Waals surface area contributed by atoms with Crippen LogP contribution in [-0.2, 0) is 4.79 Å². The smallest absolute Gasteiger partial charge is 0.323 e. The molecule has 1 fully saturated rings. The van der Waals surface area contributed by atoms with Gasteiger partial charge in [-0.25, -0.2) is 9.69 Å². The molecule has 1 aliphatic rings. The first-order chi connectivity index (χ1) is 8.39. The number of halogens is 2. The van der Waals surface area contributed by atoms with E-state index in [1.165, 1.54) is 6.07 Å². The van der Waals surface area contributed by atoms with Crippen LogP contribution in [0.4, 0.5) is 10.5 Å². The molecule has 0 aromatic heterocycles. The van der Waals surface area contributed by atoms with Crippen LogP contribution in [0.3, 0.4) is 0 Å². The van der Waals surface area contributed by atoms with Gasteiger partial charge in [-0.2, -0.15) is 0 Å². The molecule has 1 saturated heterocycles. The predicted molar refractivity (Wildman–Crippen MR) is 71.2 cm³/mol. The number of nitrogens with one attached hydrogen (secondary N) is 1. The second-order valence-electron chi connectivity index (χ2n) is 4.35. The number of carbonyl (C=O) groups is 2. The van der Waals surface area contributed by atoms with Gasteiger partial charge < -0.3 is 5.32 Å². The van der Waals surface area contributed by atoms with Crippen molar-refractivity contribution >= 4 is 40.8 Å². The molecule has 1 aliphatic heterocycles. The number of amides is 3. The van der Waals surface area contributed by atoms with Crippen LogP contribution in [0.2, 0.25) is 10.0 Å². The Morgan fingerprint density at radius 1 is 1.28 bits per heavy atom. The number of hydrogen-bond acceptors (Lipinski definition) is 2. The molecule has 0 aliphatic carbocycles. The summed E-state index contributed by atoms with van der Waals surface area (Å²) in [6, 6.07) is 4.21. The number of rotatable bonds is 2. The molecule has 3 amide bonds. The molecule has 1 N–H and O–H groups in total. The van der Waals surface area contributed by atoms with E-state index in [-0.39, 0.29) is 5.91 Å². The maximum absolute atomic E-state index is 12.2. The first-order valence-corrected chi connectivity index (χ1v) is 6.26. The molecule has 1 aromatic rings. The molecule has 18 heavy (non-hydrogen) atoms. The summed E-state index contributed by atoms with van der Waals surface area (Å²) in [6.45, 7) is 3.54. The fourth-order valence-corrected chi connectivity index (χ4v) is 2.07. The maximum Gasteiger partial charge on any atom is 0.329 e. The standard InChI is InChI=1S/C12H12Cl2N2O2/c1-3-12(2)10(17)16(11(18)15-12)7-4-5-8(13)9(14)6-7/h4-6H,3H2,1-2H3,(H,15,18). The van der Waals surface area contributed by atoms with Crippen molar-refractivity contribution in [3.05, 3.63) is 28.2 Å². The number of nitrogens with zero attached hydrogens (tertiary/aromatic N) is 1. The lowest BCUT2D eigenvalue weighted by Crippen LogP contribution is -2.43. The number of imide groups is 1. The highest BCUT2D eigenvalue weighted by Gasteiger charge is 2.47. The van der Waals surface area contributed by atoms with Gasteiger partial charge in [0.2, 0.25) is 0 Å². The van der Waals surface area contributed by atoms with Crippen molar-refractivity contribution < 1.29 is 9.59 Å². The summed E-state index contributed by atoms with van der Waals surface area (Å²) >= 11 is 11.7. The van der Waals surface area contributed by atoms with Crippen LogP contribution in [0.25, 0.3) is 0 Å². The van der Waals surface area contributed by atoms with Crippen LogP contribution >= 0.6 is 23.2 Å². The Kier molecular flexibility index (Phi) is 3.25. The summed E-state index contributed by atoms with van der Waals surface area (Å²) in [4.78, 5) is 25.2. The molecule has 6 heteroatoms. The molecule has 0 saturated carbocycles. The van der Waals surface area contributed by atoms with Crippen molar-refractivity contribution in [3.63, 3.8) is 0 Å². The van der Waals surface area contributed by atoms with E-state index in [2.05, 4.69) is 5.32 Å². The number of hydrogen-bond donors (Lipinski definition) is 1. The molecule has 1 heterocycles. The fourth-order valence-electron chi connectivity index (χ4n) is 1.78. The number of carbonyl (C=O) groups excluding carboxylic acids is 2. The van der Waals surface area contributed by atoms with Gasteiger partial charge in [0.05, 0.1) is 15.7 Å². The second-order valence-corrected chi connectivity index (χ2v) is 5.17.